The third-order valence-electron chi connectivity index (χ3n) is 2.35. The number of aromatic nitrogens is 2. The number of hydrogen-bond donors (Lipinski definition) is 3. The molecule has 0 aliphatic heterocycles. The van der Waals surface area contributed by atoms with Gasteiger partial charge in [-0.15, -0.1) is 0 Å². The summed E-state index contributed by atoms with van der Waals surface area (Å²) in [6.45, 7) is 0.350. The van der Waals surface area contributed by atoms with Crippen LogP contribution in [0.5, 0.6) is 5.75 Å². The quantitative estimate of drug-likeness (QED) is 0.741. The fraction of sp³-hybridized carbons (Fsp3) is 0.167. The average molecular weight is 230 g/mol. The summed E-state index contributed by atoms with van der Waals surface area (Å²) in [6, 6.07) is 8.62. The van der Waals surface area contributed by atoms with Crippen LogP contribution in [-0.4, -0.2) is 22.1 Å². The molecule has 88 valence electrons. The van der Waals surface area contributed by atoms with Crippen LogP contribution in [0.3, 0.4) is 0 Å². The van der Waals surface area contributed by atoms with Crippen molar-refractivity contribution in [3.8, 4) is 17.1 Å². The highest BCUT2D eigenvalue weighted by molar-refractivity contribution is 5.59. The van der Waals surface area contributed by atoms with Gasteiger partial charge in [0.25, 0.3) is 0 Å². The van der Waals surface area contributed by atoms with Gasteiger partial charge in [0.05, 0.1) is 5.69 Å². The van der Waals surface area contributed by atoms with Crippen molar-refractivity contribution in [2.24, 2.45) is 5.73 Å². The Bertz CT molecular complexity index is 505. The van der Waals surface area contributed by atoms with Crippen molar-refractivity contribution in [3.05, 3.63) is 36.0 Å². The monoisotopic (exact) mass is 230 g/mol. The van der Waals surface area contributed by atoms with Crippen molar-refractivity contribution in [2.75, 3.05) is 12.4 Å². The number of phenols is 1. The molecule has 0 bridgehead atoms. The van der Waals surface area contributed by atoms with Crippen LogP contribution < -0.4 is 11.1 Å². The summed E-state index contributed by atoms with van der Waals surface area (Å²) >= 11 is 0. The zero-order valence-electron chi connectivity index (χ0n) is 9.51. The molecule has 0 amide bonds. The molecular weight excluding hydrogens is 216 g/mol. The minimum absolute atomic E-state index is 0.190. The Morgan fingerprint density at radius 1 is 1.29 bits per heavy atom. The lowest BCUT2D eigenvalue weighted by atomic mass is 10.2. The van der Waals surface area contributed by atoms with E-state index in [0.29, 0.717) is 18.2 Å². The maximum Gasteiger partial charge on any atom is 0.161 e. The maximum absolute atomic E-state index is 9.43. The summed E-state index contributed by atoms with van der Waals surface area (Å²) in [5.74, 6) is 1.45. The SMILES string of the molecule is CNc1cc(CN)nc(-c2cccc(O)c2)n1. The third kappa shape index (κ3) is 2.51. The Hall–Kier alpha value is -2.14. The van der Waals surface area contributed by atoms with Gasteiger partial charge in [0.15, 0.2) is 5.82 Å². The Balaban J connectivity index is 2.50. The van der Waals surface area contributed by atoms with E-state index in [-0.39, 0.29) is 5.75 Å². The van der Waals surface area contributed by atoms with E-state index in [4.69, 9.17) is 5.73 Å². The van der Waals surface area contributed by atoms with E-state index in [1.165, 1.54) is 0 Å². The highest BCUT2D eigenvalue weighted by Gasteiger charge is 2.06. The summed E-state index contributed by atoms with van der Waals surface area (Å²) < 4.78 is 0. The fourth-order valence-electron chi connectivity index (χ4n) is 1.50. The van der Waals surface area contributed by atoms with Crippen molar-refractivity contribution < 1.29 is 5.11 Å². The Labute approximate surface area is 99.3 Å². The first-order valence-electron chi connectivity index (χ1n) is 5.28. The van der Waals surface area contributed by atoms with E-state index < -0.39 is 0 Å². The van der Waals surface area contributed by atoms with Crippen molar-refractivity contribution >= 4 is 5.82 Å². The highest BCUT2D eigenvalue weighted by Crippen LogP contribution is 2.21. The number of nitrogens with zero attached hydrogens (tertiary/aromatic N) is 2. The number of hydrogen-bond acceptors (Lipinski definition) is 5. The number of benzene rings is 1. The maximum atomic E-state index is 9.43. The standard InChI is InChI=1S/C12H14N4O/c1-14-11-6-9(7-13)15-12(16-11)8-3-2-4-10(17)5-8/h2-6,17H,7,13H2,1H3,(H,14,15,16). The lowest BCUT2D eigenvalue weighted by molar-refractivity contribution is 0.475. The van der Waals surface area contributed by atoms with Crippen LogP contribution in [-0.2, 0) is 6.54 Å². The van der Waals surface area contributed by atoms with Crippen LogP contribution in [0.15, 0.2) is 30.3 Å². The first-order valence-corrected chi connectivity index (χ1v) is 5.28. The normalized spacial score (nSPS) is 10.2. The molecular formula is C12H14N4O. The van der Waals surface area contributed by atoms with E-state index in [0.717, 1.165) is 11.3 Å². The fourth-order valence-corrected chi connectivity index (χ4v) is 1.50. The summed E-state index contributed by atoms with van der Waals surface area (Å²) in [7, 11) is 1.79. The number of nitrogens with one attached hydrogen (secondary N) is 1. The van der Waals surface area contributed by atoms with Gasteiger partial charge in [0.1, 0.15) is 11.6 Å². The molecule has 1 aromatic heterocycles. The summed E-state index contributed by atoms with van der Waals surface area (Å²) in [5, 5.41) is 12.4. The van der Waals surface area contributed by atoms with E-state index in [1.807, 2.05) is 6.07 Å². The van der Waals surface area contributed by atoms with Crippen molar-refractivity contribution in [1.82, 2.24) is 9.97 Å². The van der Waals surface area contributed by atoms with Crippen LogP contribution in [0.4, 0.5) is 5.82 Å². The molecule has 0 atom stereocenters. The van der Waals surface area contributed by atoms with Gasteiger partial charge in [0, 0.05) is 25.2 Å². The molecule has 2 rings (SSSR count). The average Bonchev–Trinajstić information content (AvgIpc) is 2.38. The second-order valence-corrected chi connectivity index (χ2v) is 3.57. The van der Waals surface area contributed by atoms with Crippen molar-refractivity contribution in [2.45, 2.75) is 6.54 Å². The third-order valence-corrected chi connectivity index (χ3v) is 2.35. The molecule has 0 saturated heterocycles. The molecule has 0 aliphatic carbocycles. The Morgan fingerprint density at radius 3 is 2.76 bits per heavy atom. The zero-order valence-corrected chi connectivity index (χ0v) is 9.51. The van der Waals surface area contributed by atoms with Gasteiger partial charge in [-0.05, 0) is 12.1 Å². The minimum atomic E-state index is 0.190. The number of nitrogens with two attached hydrogens (primary N) is 1. The molecule has 5 nitrogen and oxygen atoms in total. The van der Waals surface area contributed by atoms with Crippen LogP contribution in [0.2, 0.25) is 0 Å². The number of phenolic OH excluding ortho intramolecular Hbond substituents is 1. The van der Waals surface area contributed by atoms with Crippen molar-refractivity contribution in [1.29, 1.82) is 0 Å². The Morgan fingerprint density at radius 2 is 2.12 bits per heavy atom. The lowest BCUT2D eigenvalue weighted by Crippen LogP contribution is -2.04. The van der Waals surface area contributed by atoms with Gasteiger partial charge in [-0.1, -0.05) is 12.1 Å². The number of aromatic hydroxyl groups is 1. The van der Waals surface area contributed by atoms with Gasteiger partial charge in [-0.25, -0.2) is 9.97 Å². The molecule has 4 N–H and O–H groups in total. The van der Waals surface area contributed by atoms with Gasteiger partial charge < -0.3 is 16.2 Å². The van der Waals surface area contributed by atoms with E-state index >= 15 is 0 Å². The summed E-state index contributed by atoms with van der Waals surface area (Å²) in [5.41, 5.74) is 7.10. The zero-order chi connectivity index (χ0) is 12.3. The lowest BCUT2D eigenvalue weighted by Gasteiger charge is -2.06. The predicted octanol–water partition coefficient (Wildman–Crippen LogP) is 1.35. The van der Waals surface area contributed by atoms with E-state index in [2.05, 4.69) is 15.3 Å². The van der Waals surface area contributed by atoms with Gasteiger partial charge >= 0.3 is 0 Å². The second kappa shape index (κ2) is 4.80. The van der Waals surface area contributed by atoms with Gasteiger partial charge in [-0.3, -0.25) is 0 Å². The highest BCUT2D eigenvalue weighted by atomic mass is 16.3. The van der Waals surface area contributed by atoms with Gasteiger partial charge in [0.2, 0.25) is 0 Å². The molecule has 0 saturated carbocycles. The molecule has 5 heteroatoms. The van der Waals surface area contributed by atoms with Crippen LogP contribution >= 0.6 is 0 Å². The van der Waals surface area contributed by atoms with E-state index in [1.54, 1.807) is 31.3 Å². The summed E-state index contributed by atoms with van der Waals surface area (Å²) in [6.07, 6.45) is 0. The number of rotatable bonds is 3. The molecule has 2 aromatic rings. The number of anilines is 1. The molecule has 0 unspecified atom stereocenters. The van der Waals surface area contributed by atoms with Crippen molar-refractivity contribution in [3.63, 3.8) is 0 Å². The first-order chi connectivity index (χ1) is 8.22. The Kier molecular flexibility index (Phi) is 3.20. The van der Waals surface area contributed by atoms with Crippen LogP contribution in [0.25, 0.3) is 11.4 Å². The summed E-state index contributed by atoms with van der Waals surface area (Å²) in [4.78, 5) is 8.65. The smallest absolute Gasteiger partial charge is 0.161 e. The molecule has 0 fully saturated rings. The molecule has 1 aromatic carbocycles. The molecule has 0 spiro atoms. The largest absolute Gasteiger partial charge is 0.508 e. The topological polar surface area (TPSA) is 84.1 Å². The van der Waals surface area contributed by atoms with Gasteiger partial charge in [-0.2, -0.15) is 0 Å². The molecule has 1 heterocycles. The first kappa shape index (κ1) is 11.3. The molecule has 0 radical (unpaired) electrons. The molecule has 0 aliphatic rings. The molecule has 17 heavy (non-hydrogen) atoms. The van der Waals surface area contributed by atoms with E-state index in [9.17, 15) is 5.11 Å². The van der Waals surface area contributed by atoms with Crippen LogP contribution in [0.1, 0.15) is 5.69 Å². The van der Waals surface area contributed by atoms with Crippen LogP contribution in [0, 0.1) is 0 Å². The predicted molar refractivity (Wildman–Crippen MR) is 66.6 cm³/mol. The second-order valence-electron chi connectivity index (χ2n) is 3.57. The minimum Gasteiger partial charge on any atom is -0.508 e.